The zero-order chi connectivity index (χ0) is 16.1. The van der Waals surface area contributed by atoms with Gasteiger partial charge in [-0.25, -0.2) is 0 Å². The van der Waals surface area contributed by atoms with Crippen molar-refractivity contribution >= 4 is 38.6 Å². The molecule has 0 saturated heterocycles. The van der Waals surface area contributed by atoms with E-state index < -0.39 is 11.4 Å². The number of benzene rings is 2. The Morgan fingerprint density at radius 2 is 1.48 bits per heavy atom. The van der Waals surface area contributed by atoms with Gasteiger partial charge in [0.05, 0.1) is 23.1 Å². The van der Waals surface area contributed by atoms with E-state index in [2.05, 4.69) is 20.9 Å². The molecule has 0 aliphatic rings. The number of nitrogens with zero attached hydrogens (tertiary/aromatic N) is 2. The summed E-state index contributed by atoms with van der Waals surface area (Å²) in [5.74, 6) is 0. The lowest BCUT2D eigenvalue weighted by molar-refractivity contribution is 0.400. The first-order chi connectivity index (χ1) is 11.2. The number of thiazole rings is 1. The Kier molecular flexibility index (Phi) is 5.85. The second-order valence-electron chi connectivity index (χ2n) is 4.95. The highest BCUT2D eigenvalue weighted by Gasteiger charge is 2.26. The first kappa shape index (κ1) is 16.7. The van der Waals surface area contributed by atoms with Crippen LogP contribution < -0.4 is 0 Å². The van der Waals surface area contributed by atoms with E-state index in [0.717, 1.165) is 14.9 Å². The van der Waals surface area contributed by atoms with Gasteiger partial charge in [0.25, 0.3) is 0 Å². The van der Waals surface area contributed by atoms with Crippen molar-refractivity contribution in [1.29, 1.82) is 0 Å². The Balaban J connectivity index is 1.83. The summed E-state index contributed by atoms with van der Waals surface area (Å²) in [6.45, 7) is 1.22. The summed E-state index contributed by atoms with van der Waals surface area (Å²) in [7, 11) is 0. The van der Waals surface area contributed by atoms with Gasteiger partial charge in [-0.1, -0.05) is 72.0 Å². The predicted octanol–water partition coefficient (Wildman–Crippen LogP) is 4.63. The van der Waals surface area contributed by atoms with Crippen molar-refractivity contribution in [3.8, 4) is 0 Å². The van der Waals surface area contributed by atoms with Gasteiger partial charge < -0.3 is 4.55 Å². The minimum absolute atomic E-state index is 0.611. The Morgan fingerprint density at radius 3 is 1.91 bits per heavy atom. The molecule has 2 aromatic carbocycles. The molecule has 118 valence electrons. The Labute approximate surface area is 151 Å². The normalized spacial score (nSPS) is 12.5. The van der Waals surface area contributed by atoms with E-state index in [4.69, 9.17) is 0 Å². The van der Waals surface area contributed by atoms with Crippen LogP contribution in [0.2, 0.25) is 0 Å². The maximum atomic E-state index is 12.9. The molecule has 3 nitrogen and oxygen atoms in total. The fourth-order valence-corrected chi connectivity index (χ4v) is 5.21. The van der Waals surface area contributed by atoms with Gasteiger partial charge in [0.2, 0.25) is 0 Å². The molecule has 0 aliphatic heterocycles. The van der Waals surface area contributed by atoms with Crippen LogP contribution in [0.3, 0.4) is 0 Å². The zero-order valence-electron chi connectivity index (χ0n) is 12.3. The van der Waals surface area contributed by atoms with Crippen molar-refractivity contribution in [2.75, 3.05) is 0 Å². The van der Waals surface area contributed by atoms with Gasteiger partial charge >= 0.3 is 4.34 Å². The predicted molar refractivity (Wildman–Crippen MR) is 98.4 cm³/mol. The summed E-state index contributed by atoms with van der Waals surface area (Å²) < 4.78 is 16.4. The van der Waals surface area contributed by atoms with Crippen LogP contribution in [0.4, 0.5) is 0 Å². The molecule has 1 atom stereocenters. The zero-order valence-corrected chi connectivity index (χ0v) is 15.5. The maximum absolute atomic E-state index is 12.9. The van der Waals surface area contributed by atoms with Crippen LogP contribution in [-0.4, -0.2) is 13.8 Å². The molecule has 0 bridgehead atoms. The van der Waals surface area contributed by atoms with Crippen LogP contribution in [0.5, 0.6) is 0 Å². The fourth-order valence-electron chi connectivity index (χ4n) is 2.18. The Hall–Kier alpha value is -1.18. The number of hydrogen-bond acceptors (Lipinski definition) is 4. The molecule has 0 fully saturated rings. The lowest BCUT2D eigenvalue weighted by Gasteiger charge is -2.22. The molecule has 0 aliphatic carbocycles. The van der Waals surface area contributed by atoms with Crippen molar-refractivity contribution in [3.63, 3.8) is 0 Å². The highest BCUT2D eigenvalue weighted by atomic mass is 79.9. The second-order valence-corrected chi connectivity index (χ2v) is 9.02. The van der Waals surface area contributed by atoms with Gasteiger partial charge in [0.15, 0.2) is 0 Å². The van der Waals surface area contributed by atoms with Gasteiger partial charge in [-0.05, 0) is 27.1 Å². The molecule has 0 N–H and O–H groups in total. The van der Waals surface area contributed by atoms with Gasteiger partial charge in [-0.3, -0.25) is 0 Å². The second kappa shape index (κ2) is 8.08. The van der Waals surface area contributed by atoms with Crippen LogP contribution >= 0.6 is 27.3 Å². The molecular formula is C17H15BrN2OS2. The van der Waals surface area contributed by atoms with Crippen LogP contribution in [0.15, 0.2) is 75.0 Å². The average molecular weight is 407 g/mol. The van der Waals surface area contributed by atoms with Crippen molar-refractivity contribution in [2.45, 2.75) is 17.4 Å². The molecule has 1 unspecified atom stereocenters. The third kappa shape index (κ3) is 4.65. The third-order valence-electron chi connectivity index (χ3n) is 3.24. The van der Waals surface area contributed by atoms with Crippen molar-refractivity contribution in [1.82, 2.24) is 9.29 Å². The van der Waals surface area contributed by atoms with Crippen molar-refractivity contribution in [3.05, 3.63) is 81.8 Å². The Morgan fingerprint density at radius 1 is 0.957 bits per heavy atom. The first-order valence-corrected chi connectivity index (χ1v) is 9.80. The number of aromatic nitrogens is 1. The summed E-state index contributed by atoms with van der Waals surface area (Å²) >= 11 is 3.50. The minimum Gasteiger partial charge on any atom is -0.591 e. The van der Waals surface area contributed by atoms with Crippen molar-refractivity contribution in [2.24, 2.45) is 0 Å². The van der Waals surface area contributed by atoms with Gasteiger partial charge in [0.1, 0.15) is 11.4 Å². The van der Waals surface area contributed by atoms with E-state index >= 15 is 0 Å². The number of rotatable bonds is 6. The molecule has 23 heavy (non-hydrogen) atoms. The molecule has 1 aromatic heterocycles. The van der Waals surface area contributed by atoms with Gasteiger partial charge in [-0.2, -0.15) is 4.98 Å². The molecule has 0 radical (unpaired) electrons. The van der Waals surface area contributed by atoms with Crippen LogP contribution in [0.1, 0.15) is 11.1 Å². The van der Waals surface area contributed by atoms with Gasteiger partial charge in [0, 0.05) is 0 Å². The van der Waals surface area contributed by atoms with E-state index in [1.165, 1.54) is 11.3 Å². The number of hydrogen-bond donors (Lipinski definition) is 0. The summed E-state index contributed by atoms with van der Waals surface area (Å²) in [5, 5.41) is 0. The topological polar surface area (TPSA) is 39.2 Å². The van der Waals surface area contributed by atoms with E-state index in [9.17, 15) is 4.55 Å². The highest BCUT2D eigenvalue weighted by Crippen LogP contribution is 2.27. The number of halogens is 1. The van der Waals surface area contributed by atoms with Gasteiger partial charge in [-0.15, -0.1) is 4.31 Å². The minimum atomic E-state index is -1.29. The molecule has 3 aromatic rings. The average Bonchev–Trinajstić information content (AvgIpc) is 3.02. The molecule has 1 heterocycles. The molecule has 6 heteroatoms. The first-order valence-electron chi connectivity index (χ1n) is 7.08. The lowest BCUT2D eigenvalue weighted by atomic mass is 10.2. The summed E-state index contributed by atoms with van der Waals surface area (Å²) in [6, 6.07) is 20.2. The monoisotopic (exact) mass is 406 g/mol. The lowest BCUT2D eigenvalue weighted by Crippen LogP contribution is -2.30. The van der Waals surface area contributed by atoms with E-state index in [-0.39, 0.29) is 0 Å². The molecular weight excluding hydrogens is 392 g/mol. The largest absolute Gasteiger partial charge is 0.591 e. The van der Waals surface area contributed by atoms with E-state index in [1.807, 2.05) is 65.0 Å². The quantitative estimate of drug-likeness (QED) is 0.560. The maximum Gasteiger partial charge on any atom is 0.324 e. The smallest absolute Gasteiger partial charge is 0.324 e. The highest BCUT2D eigenvalue weighted by molar-refractivity contribution is 9.11. The molecule has 0 saturated carbocycles. The van der Waals surface area contributed by atoms with E-state index in [0.29, 0.717) is 17.4 Å². The molecule has 3 rings (SSSR count). The summed E-state index contributed by atoms with van der Waals surface area (Å²) in [6.07, 6.45) is 1.70. The van der Waals surface area contributed by atoms with Crippen LogP contribution in [0, 0.1) is 0 Å². The SMILES string of the molecule is [O-][S+](c1ncc(Br)s1)N(Cc1ccccc1)Cc1ccccc1. The van der Waals surface area contributed by atoms with Crippen LogP contribution in [0.25, 0.3) is 0 Å². The Bertz CT molecular complexity index is 695. The molecule has 0 amide bonds. The fraction of sp³-hybridized carbons (Fsp3) is 0.118. The summed E-state index contributed by atoms with van der Waals surface area (Å²) in [5.41, 5.74) is 2.26. The van der Waals surface area contributed by atoms with Crippen LogP contribution in [-0.2, 0) is 24.5 Å². The van der Waals surface area contributed by atoms with E-state index in [1.54, 1.807) is 6.20 Å². The molecule has 0 spiro atoms. The standard InChI is InChI=1S/C17H15BrN2OS2/c18-16-11-19-17(22-16)23(21)20(12-14-7-3-1-4-8-14)13-15-9-5-2-6-10-15/h1-11H,12-13H2. The summed E-state index contributed by atoms with van der Waals surface area (Å²) in [4.78, 5) is 4.25. The van der Waals surface area contributed by atoms with Crippen molar-refractivity contribution < 1.29 is 4.55 Å². The third-order valence-corrected chi connectivity index (χ3v) is 6.32.